The third-order valence-electron chi connectivity index (χ3n) is 6.60. The van der Waals surface area contributed by atoms with E-state index in [0.717, 1.165) is 82.2 Å². The summed E-state index contributed by atoms with van der Waals surface area (Å²) in [7, 11) is 3.50. The molecule has 2 fully saturated rings. The van der Waals surface area contributed by atoms with Crippen LogP contribution in [0.25, 0.3) is 0 Å². The molecule has 2 saturated heterocycles. The molecule has 0 aromatic carbocycles. The van der Waals surface area contributed by atoms with Gasteiger partial charge < -0.3 is 24.3 Å². The molecule has 1 aromatic heterocycles. The molecule has 1 amide bonds. The number of nitrogens with zero attached hydrogens (tertiary/aromatic N) is 2. The largest absolute Gasteiger partial charge is 0.385 e. The number of rotatable bonds is 7. The molecule has 0 saturated carbocycles. The molecule has 0 aliphatic carbocycles. The van der Waals surface area contributed by atoms with Crippen LogP contribution in [0.3, 0.4) is 0 Å². The van der Waals surface area contributed by atoms with E-state index in [4.69, 9.17) is 9.47 Å². The van der Waals surface area contributed by atoms with Crippen molar-refractivity contribution in [2.45, 2.75) is 39.7 Å². The first-order valence-electron chi connectivity index (χ1n) is 10.2. The van der Waals surface area contributed by atoms with Crippen molar-refractivity contribution in [2.24, 2.45) is 11.3 Å². The van der Waals surface area contributed by atoms with Gasteiger partial charge in [0.2, 0.25) is 0 Å². The Bertz CT molecular complexity index is 656. The molecule has 1 atom stereocenters. The Hall–Kier alpha value is -1.08. The highest BCUT2D eigenvalue weighted by Gasteiger charge is 2.48. The van der Waals surface area contributed by atoms with Gasteiger partial charge in [-0.3, -0.25) is 4.79 Å². The number of aryl methyl sites for hydroxylation is 1. The fourth-order valence-electron chi connectivity index (χ4n) is 5.01. The van der Waals surface area contributed by atoms with Crippen LogP contribution in [0.1, 0.15) is 41.0 Å². The second-order valence-electron chi connectivity index (χ2n) is 8.23. The number of amides is 1. The van der Waals surface area contributed by atoms with Gasteiger partial charge in [0.05, 0.1) is 12.2 Å². The van der Waals surface area contributed by atoms with Crippen molar-refractivity contribution in [1.29, 1.82) is 0 Å². The van der Waals surface area contributed by atoms with Crippen molar-refractivity contribution in [3.63, 3.8) is 0 Å². The zero-order chi connectivity index (χ0) is 19.4. The highest BCUT2D eigenvalue weighted by atomic mass is 35.5. The second-order valence-corrected chi connectivity index (χ2v) is 8.23. The molecule has 2 aliphatic rings. The molecule has 2 aliphatic heterocycles. The number of hydrogen-bond acceptors (Lipinski definition) is 4. The van der Waals surface area contributed by atoms with E-state index < -0.39 is 0 Å². The normalized spacial score (nSPS) is 21.1. The topological polar surface area (TPSA) is 55.7 Å². The van der Waals surface area contributed by atoms with E-state index in [0.29, 0.717) is 5.92 Å². The monoisotopic (exact) mass is 413 g/mol. The third kappa shape index (κ3) is 4.56. The lowest BCUT2D eigenvalue weighted by Crippen LogP contribution is -2.43. The maximum absolute atomic E-state index is 13.4. The predicted octanol–water partition coefficient (Wildman–Crippen LogP) is 2.65. The van der Waals surface area contributed by atoms with E-state index in [-0.39, 0.29) is 23.7 Å². The van der Waals surface area contributed by atoms with Crippen molar-refractivity contribution in [3.8, 4) is 0 Å². The van der Waals surface area contributed by atoms with Crippen LogP contribution in [0.5, 0.6) is 0 Å². The Labute approximate surface area is 175 Å². The number of carbonyl (C=O) groups is 1. The van der Waals surface area contributed by atoms with Crippen LogP contribution in [0.2, 0.25) is 0 Å². The van der Waals surface area contributed by atoms with Crippen molar-refractivity contribution in [3.05, 3.63) is 23.0 Å². The van der Waals surface area contributed by atoms with Gasteiger partial charge in [0.1, 0.15) is 0 Å². The number of halogens is 1. The van der Waals surface area contributed by atoms with Gasteiger partial charge in [-0.15, -0.1) is 12.4 Å². The molecule has 3 rings (SSSR count). The average molecular weight is 414 g/mol. The van der Waals surface area contributed by atoms with Gasteiger partial charge in [-0.1, -0.05) is 0 Å². The lowest BCUT2D eigenvalue weighted by atomic mass is 9.71. The van der Waals surface area contributed by atoms with Crippen molar-refractivity contribution in [2.75, 3.05) is 53.6 Å². The Morgan fingerprint density at radius 1 is 1.25 bits per heavy atom. The minimum absolute atomic E-state index is 0. The van der Waals surface area contributed by atoms with Crippen molar-refractivity contribution >= 4 is 18.3 Å². The van der Waals surface area contributed by atoms with Gasteiger partial charge in [-0.25, -0.2) is 0 Å². The first kappa shape index (κ1) is 23.2. The summed E-state index contributed by atoms with van der Waals surface area (Å²) in [5, 5.41) is 3.46. The van der Waals surface area contributed by atoms with E-state index in [2.05, 4.69) is 34.7 Å². The van der Waals surface area contributed by atoms with Crippen LogP contribution in [0.4, 0.5) is 0 Å². The highest BCUT2D eigenvalue weighted by molar-refractivity contribution is 5.96. The van der Waals surface area contributed by atoms with E-state index in [1.54, 1.807) is 14.2 Å². The standard InChI is InChI=1S/C21H35N3O3.ClH/c1-16-12-19(17(2)24(16)10-5-11-26-3)20(25)23-13-18(14-27-4)21(15-23)6-8-22-9-7-21;/h12,18,22H,5-11,13-15H2,1-4H3;1H. The smallest absolute Gasteiger partial charge is 0.255 e. The molecule has 0 radical (unpaired) electrons. The maximum atomic E-state index is 13.4. The summed E-state index contributed by atoms with van der Waals surface area (Å²) in [5.41, 5.74) is 3.28. The van der Waals surface area contributed by atoms with E-state index >= 15 is 0 Å². The predicted molar refractivity (Wildman–Crippen MR) is 113 cm³/mol. The minimum atomic E-state index is 0. The summed E-state index contributed by atoms with van der Waals surface area (Å²) in [5.74, 6) is 0.608. The summed E-state index contributed by atoms with van der Waals surface area (Å²) in [6.45, 7) is 10.3. The lowest BCUT2D eigenvalue weighted by Gasteiger charge is -2.38. The fraction of sp³-hybridized carbons (Fsp3) is 0.762. The number of methoxy groups -OCH3 is 2. The first-order valence-corrected chi connectivity index (χ1v) is 10.2. The van der Waals surface area contributed by atoms with Crippen LogP contribution >= 0.6 is 12.4 Å². The molecule has 3 heterocycles. The van der Waals surface area contributed by atoms with Gasteiger partial charge in [0.25, 0.3) is 5.91 Å². The van der Waals surface area contributed by atoms with E-state index in [1.165, 1.54) is 0 Å². The van der Waals surface area contributed by atoms with Gasteiger partial charge in [0.15, 0.2) is 0 Å². The quantitative estimate of drug-likeness (QED) is 0.698. The number of ether oxygens (including phenoxy) is 2. The summed E-state index contributed by atoms with van der Waals surface area (Å²) in [6.07, 6.45) is 3.21. The first-order chi connectivity index (χ1) is 13.0. The molecule has 28 heavy (non-hydrogen) atoms. The summed E-state index contributed by atoms with van der Waals surface area (Å²) >= 11 is 0. The zero-order valence-corrected chi connectivity index (χ0v) is 18.6. The third-order valence-corrected chi connectivity index (χ3v) is 6.60. The van der Waals surface area contributed by atoms with Crippen LogP contribution in [-0.2, 0) is 16.0 Å². The maximum Gasteiger partial charge on any atom is 0.255 e. The molecule has 160 valence electrons. The van der Waals surface area contributed by atoms with Crippen LogP contribution < -0.4 is 5.32 Å². The molecule has 7 heteroatoms. The molecule has 1 unspecified atom stereocenters. The number of nitrogens with one attached hydrogen (secondary N) is 1. The highest BCUT2D eigenvalue weighted by Crippen LogP contribution is 2.44. The SMILES string of the molecule is COCCCn1c(C)cc(C(=O)N2CC(COC)C3(CCNCC3)C2)c1C.Cl. The molecule has 6 nitrogen and oxygen atoms in total. The van der Waals surface area contributed by atoms with Crippen LogP contribution in [-0.4, -0.2) is 69.0 Å². The van der Waals surface area contributed by atoms with Gasteiger partial charge in [-0.05, 0) is 57.7 Å². The lowest BCUT2D eigenvalue weighted by molar-refractivity contribution is 0.0701. The summed E-state index contributed by atoms with van der Waals surface area (Å²) < 4.78 is 12.9. The number of aromatic nitrogens is 1. The summed E-state index contributed by atoms with van der Waals surface area (Å²) in [6, 6.07) is 2.06. The average Bonchev–Trinajstić information content (AvgIpc) is 3.14. The molecule has 1 N–H and O–H groups in total. The second kappa shape index (κ2) is 10.1. The molecular formula is C21H36ClN3O3. The molecule has 1 aromatic rings. The van der Waals surface area contributed by atoms with E-state index in [9.17, 15) is 4.79 Å². The van der Waals surface area contributed by atoms with Gasteiger partial charge in [0, 0.05) is 57.8 Å². The molecule has 1 spiro atoms. The van der Waals surface area contributed by atoms with Crippen molar-refractivity contribution in [1.82, 2.24) is 14.8 Å². The number of likely N-dealkylation sites (tertiary alicyclic amines) is 1. The fourth-order valence-corrected chi connectivity index (χ4v) is 5.01. The molecule has 0 bridgehead atoms. The Kier molecular flexibility index (Phi) is 8.37. The van der Waals surface area contributed by atoms with Crippen LogP contribution in [0.15, 0.2) is 6.07 Å². The Morgan fingerprint density at radius 2 is 1.96 bits per heavy atom. The Balaban J connectivity index is 0.00000280. The van der Waals surface area contributed by atoms with E-state index in [1.807, 2.05) is 0 Å². The van der Waals surface area contributed by atoms with Gasteiger partial charge >= 0.3 is 0 Å². The van der Waals surface area contributed by atoms with Crippen LogP contribution in [0, 0.1) is 25.2 Å². The zero-order valence-electron chi connectivity index (χ0n) is 17.8. The Morgan fingerprint density at radius 3 is 2.61 bits per heavy atom. The number of piperidine rings is 1. The molecular weight excluding hydrogens is 378 g/mol. The summed E-state index contributed by atoms with van der Waals surface area (Å²) in [4.78, 5) is 15.5. The number of carbonyl (C=O) groups excluding carboxylic acids is 1. The van der Waals surface area contributed by atoms with Crippen molar-refractivity contribution < 1.29 is 14.3 Å². The number of hydrogen-bond donors (Lipinski definition) is 1. The minimum Gasteiger partial charge on any atom is -0.385 e. The van der Waals surface area contributed by atoms with Gasteiger partial charge in [-0.2, -0.15) is 0 Å².